The zero-order valence-corrected chi connectivity index (χ0v) is 18.0. The van der Waals surface area contributed by atoms with Crippen LogP contribution in [0.5, 0.6) is 0 Å². The first-order chi connectivity index (χ1) is 12.3. The van der Waals surface area contributed by atoms with Crippen molar-refractivity contribution in [1.29, 1.82) is 0 Å². The Hall–Kier alpha value is -0.0500. The van der Waals surface area contributed by atoms with Gasteiger partial charge in [0.05, 0.1) is 12.5 Å². The third-order valence-corrected chi connectivity index (χ3v) is 6.02. The van der Waals surface area contributed by atoms with Crippen molar-refractivity contribution in [2.75, 3.05) is 11.9 Å². The molecular weight excluding hydrogens is 376 g/mol. The highest BCUT2D eigenvalue weighted by atomic mass is 79.9. The van der Waals surface area contributed by atoms with Gasteiger partial charge in [-0.15, -0.1) is 0 Å². The zero-order chi connectivity index (χ0) is 18.0. The lowest BCUT2D eigenvalue weighted by atomic mass is 9.94. The van der Waals surface area contributed by atoms with E-state index in [9.17, 15) is 4.79 Å². The number of unbranched alkanes of at least 4 members (excludes halogenated alkanes) is 3. The van der Waals surface area contributed by atoms with E-state index in [0.717, 1.165) is 24.6 Å². The Balaban J connectivity index is 2.26. The Bertz CT molecular complexity index is 290. The van der Waals surface area contributed by atoms with Crippen LogP contribution in [-0.2, 0) is 9.53 Å². The molecule has 0 radical (unpaired) electrons. The maximum atomic E-state index is 12.5. The fraction of sp³-hybridized carbons (Fsp3) is 0.955. The number of alkyl halides is 1. The van der Waals surface area contributed by atoms with Gasteiger partial charge in [-0.25, -0.2) is 0 Å². The molecule has 0 N–H and O–H groups in total. The molecule has 1 aliphatic rings. The van der Waals surface area contributed by atoms with Crippen LogP contribution in [0.4, 0.5) is 0 Å². The minimum atomic E-state index is 0.0878. The molecule has 1 fully saturated rings. The summed E-state index contributed by atoms with van der Waals surface area (Å²) < 4.78 is 5.60. The Morgan fingerprint density at radius 2 is 1.12 bits per heavy atom. The number of carbonyl (C=O) groups excluding carboxylic acids is 1. The molecule has 0 aromatic rings. The lowest BCUT2D eigenvalue weighted by Crippen LogP contribution is -2.18. The van der Waals surface area contributed by atoms with Gasteiger partial charge in [0.2, 0.25) is 0 Å². The maximum absolute atomic E-state index is 12.5. The summed E-state index contributed by atoms with van der Waals surface area (Å²) in [6.07, 6.45) is 22.8. The molecule has 2 nitrogen and oxygen atoms in total. The van der Waals surface area contributed by atoms with E-state index < -0.39 is 0 Å². The summed E-state index contributed by atoms with van der Waals surface area (Å²) in [5.74, 6) is 0.248. The van der Waals surface area contributed by atoms with Crippen LogP contribution in [0.2, 0.25) is 0 Å². The minimum absolute atomic E-state index is 0.0878. The van der Waals surface area contributed by atoms with Gasteiger partial charge in [-0.1, -0.05) is 106 Å². The van der Waals surface area contributed by atoms with E-state index >= 15 is 0 Å². The maximum Gasteiger partial charge on any atom is 0.308 e. The van der Waals surface area contributed by atoms with Gasteiger partial charge in [0.15, 0.2) is 0 Å². The second kappa shape index (κ2) is 17.4. The smallest absolute Gasteiger partial charge is 0.308 e. The third kappa shape index (κ3) is 13.8. The van der Waals surface area contributed by atoms with E-state index in [1.54, 1.807) is 0 Å². The lowest BCUT2D eigenvalue weighted by Gasteiger charge is -2.16. The van der Waals surface area contributed by atoms with E-state index in [1.165, 1.54) is 96.3 Å². The summed E-state index contributed by atoms with van der Waals surface area (Å²) in [4.78, 5) is 12.5. The van der Waals surface area contributed by atoms with Crippen LogP contribution < -0.4 is 0 Å². The molecule has 25 heavy (non-hydrogen) atoms. The highest BCUT2D eigenvalue weighted by molar-refractivity contribution is 9.09. The number of esters is 1. The summed E-state index contributed by atoms with van der Waals surface area (Å²) in [6, 6.07) is 0. The number of hydrogen-bond acceptors (Lipinski definition) is 2. The highest BCUT2D eigenvalue weighted by Gasteiger charge is 2.19. The topological polar surface area (TPSA) is 26.3 Å². The van der Waals surface area contributed by atoms with Crippen molar-refractivity contribution in [2.24, 2.45) is 5.92 Å². The monoisotopic (exact) mass is 416 g/mol. The molecule has 0 aliphatic heterocycles. The molecule has 0 spiro atoms. The Kier molecular flexibility index (Phi) is 16.0. The summed E-state index contributed by atoms with van der Waals surface area (Å²) in [5.41, 5.74) is 0. The van der Waals surface area contributed by atoms with Gasteiger partial charge in [0, 0.05) is 5.33 Å². The number of ether oxygens (including phenoxy) is 1. The van der Waals surface area contributed by atoms with Gasteiger partial charge in [-0.05, 0) is 25.7 Å². The normalized spacial score (nSPS) is 19.7. The molecule has 0 atom stereocenters. The Labute approximate surface area is 165 Å². The van der Waals surface area contributed by atoms with E-state index in [0.29, 0.717) is 6.61 Å². The molecule has 0 unspecified atom stereocenters. The van der Waals surface area contributed by atoms with Crippen molar-refractivity contribution in [1.82, 2.24) is 0 Å². The van der Waals surface area contributed by atoms with Crippen LogP contribution in [0.15, 0.2) is 0 Å². The fourth-order valence-electron chi connectivity index (χ4n) is 3.77. The SMILES string of the molecule is O=C(OCCCCCCBr)C1CCCCCCCCCCCCCC1. The predicted molar refractivity (Wildman–Crippen MR) is 111 cm³/mol. The van der Waals surface area contributed by atoms with Gasteiger partial charge in [0.1, 0.15) is 0 Å². The van der Waals surface area contributed by atoms with Crippen LogP contribution in [0.25, 0.3) is 0 Å². The van der Waals surface area contributed by atoms with E-state index in [2.05, 4.69) is 15.9 Å². The summed E-state index contributed by atoms with van der Waals surface area (Å²) in [7, 11) is 0. The van der Waals surface area contributed by atoms with Crippen LogP contribution in [-0.4, -0.2) is 17.9 Å². The van der Waals surface area contributed by atoms with Gasteiger partial charge in [-0.3, -0.25) is 4.79 Å². The molecule has 0 heterocycles. The first-order valence-corrected chi connectivity index (χ1v) is 12.2. The van der Waals surface area contributed by atoms with Crippen molar-refractivity contribution in [3.05, 3.63) is 0 Å². The molecule has 1 aliphatic carbocycles. The number of hydrogen-bond donors (Lipinski definition) is 0. The number of halogens is 1. The largest absolute Gasteiger partial charge is 0.465 e. The number of rotatable bonds is 7. The molecule has 0 aromatic heterocycles. The highest BCUT2D eigenvalue weighted by Crippen LogP contribution is 2.22. The second-order valence-electron chi connectivity index (χ2n) is 7.79. The average Bonchev–Trinajstić information content (AvgIpc) is 2.63. The molecule has 0 amide bonds. The molecule has 0 saturated heterocycles. The fourth-order valence-corrected chi connectivity index (χ4v) is 4.17. The Morgan fingerprint density at radius 1 is 0.680 bits per heavy atom. The van der Waals surface area contributed by atoms with Crippen LogP contribution in [0.3, 0.4) is 0 Å². The minimum Gasteiger partial charge on any atom is -0.465 e. The van der Waals surface area contributed by atoms with Crippen molar-refractivity contribution < 1.29 is 9.53 Å². The molecule has 3 heteroatoms. The van der Waals surface area contributed by atoms with Gasteiger partial charge >= 0.3 is 5.97 Å². The lowest BCUT2D eigenvalue weighted by molar-refractivity contribution is -0.149. The first kappa shape index (κ1) is 23.0. The van der Waals surface area contributed by atoms with Crippen molar-refractivity contribution >= 4 is 21.9 Å². The van der Waals surface area contributed by atoms with E-state index in [1.807, 2.05) is 0 Å². The molecule has 0 aromatic carbocycles. The van der Waals surface area contributed by atoms with E-state index in [4.69, 9.17) is 4.74 Å². The Morgan fingerprint density at radius 3 is 1.60 bits per heavy atom. The quantitative estimate of drug-likeness (QED) is 0.242. The zero-order valence-electron chi connectivity index (χ0n) is 16.4. The van der Waals surface area contributed by atoms with Crippen LogP contribution in [0.1, 0.15) is 116 Å². The van der Waals surface area contributed by atoms with Gasteiger partial charge in [0.25, 0.3) is 0 Å². The summed E-state index contributed by atoms with van der Waals surface area (Å²) in [5, 5.41) is 1.08. The van der Waals surface area contributed by atoms with Crippen molar-refractivity contribution in [3.8, 4) is 0 Å². The molecule has 0 bridgehead atoms. The summed E-state index contributed by atoms with van der Waals surface area (Å²) in [6.45, 7) is 0.623. The third-order valence-electron chi connectivity index (χ3n) is 5.46. The second-order valence-corrected chi connectivity index (χ2v) is 8.58. The van der Waals surface area contributed by atoms with Crippen molar-refractivity contribution in [3.63, 3.8) is 0 Å². The van der Waals surface area contributed by atoms with Crippen LogP contribution in [0, 0.1) is 5.92 Å². The number of carbonyl (C=O) groups is 1. The molecular formula is C22H41BrO2. The predicted octanol–water partition coefficient (Wildman–Crippen LogP) is 7.58. The van der Waals surface area contributed by atoms with Crippen LogP contribution >= 0.6 is 15.9 Å². The van der Waals surface area contributed by atoms with E-state index in [-0.39, 0.29) is 11.9 Å². The molecule has 1 rings (SSSR count). The van der Waals surface area contributed by atoms with Gasteiger partial charge < -0.3 is 4.74 Å². The average molecular weight is 417 g/mol. The summed E-state index contributed by atoms with van der Waals surface area (Å²) >= 11 is 3.46. The molecule has 1 saturated carbocycles. The molecule has 148 valence electrons. The standard InChI is InChI=1S/C22H41BrO2/c23-19-15-11-12-16-20-25-22(24)21-17-13-9-7-5-3-1-2-4-6-8-10-14-18-21/h21H,1-20H2. The first-order valence-electron chi connectivity index (χ1n) is 11.1. The van der Waals surface area contributed by atoms with Gasteiger partial charge in [-0.2, -0.15) is 0 Å². The van der Waals surface area contributed by atoms with Crippen molar-refractivity contribution in [2.45, 2.75) is 116 Å².